The van der Waals surface area contributed by atoms with Crippen molar-refractivity contribution in [2.24, 2.45) is 5.73 Å². The average Bonchev–Trinajstić information content (AvgIpc) is 2.72. The van der Waals surface area contributed by atoms with E-state index in [0.29, 0.717) is 12.4 Å². The molecule has 4 nitrogen and oxygen atoms in total. The molecule has 0 spiro atoms. The molecule has 3 rings (SSSR count). The lowest BCUT2D eigenvalue weighted by Crippen LogP contribution is -2.13. The molecule has 0 fully saturated rings. The van der Waals surface area contributed by atoms with E-state index in [1.54, 1.807) is 0 Å². The van der Waals surface area contributed by atoms with E-state index >= 15 is 0 Å². The van der Waals surface area contributed by atoms with Gasteiger partial charge in [-0.1, -0.05) is 60.7 Å². The molecule has 0 unspecified atom stereocenters. The molecule has 3 aromatic rings. The number of benzene rings is 3. The molecule has 0 aliphatic carbocycles. The number of halogens is 1. The first-order valence-corrected chi connectivity index (χ1v) is 8.72. The molecule has 0 aromatic heterocycles. The van der Waals surface area contributed by atoms with Crippen molar-refractivity contribution < 1.29 is 19.0 Å². The van der Waals surface area contributed by atoms with Crippen LogP contribution in [0.2, 0.25) is 0 Å². The number of aliphatic hydroxyl groups excluding tert-OH is 1. The summed E-state index contributed by atoms with van der Waals surface area (Å²) in [6.07, 6.45) is -1.10. The van der Waals surface area contributed by atoms with Crippen LogP contribution in [0.25, 0.3) is 0 Å². The molecule has 0 aliphatic rings. The Hall–Kier alpha value is -2.89. The number of rotatable bonds is 8. The summed E-state index contributed by atoms with van der Waals surface area (Å²) in [5, 5.41) is 9.96. The number of ether oxygens (including phenoxy) is 2. The predicted molar refractivity (Wildman–Crippen MR) is 102 cm³/mol. The fourth-order valence-corrected chi connectivity index (χ4v) is 2.63. The zero-order valence-electron chi connectivity index (χ0n) is 14.8. The van der Waals surface area contributed by atoms with Crippen molar-refractivity contribution in [1.82, 2.24) is 0 Å². The standard InChI is InChI=1S/C22H22FNO3/c23-19-12-22(27-15-17-9-5-2-6-10-17)21(11-18(19)20(25)13-24)26-14-16-7-3-1-4-8-16/h1-12,20,25H,13-15,24H2/t20-/m0/s1. The Labute approximate surface area is 158 Å². The minimum atomic E-state index is -1.10. The van der Waals surface area contributed by atoms with Gasteiger partial charge in [0.2, 0.25) is 0 Å². The van der Waals surface area contributed by atoms with Crippen LogP contribution < -0.4 is 15.2 Å². The fourth-order valence-electron chi connectivity index (χ4n) is 2.63. The van der Waals surface area contributed by atoms with Crippen molar-refractivity contribution in [2.75, 3.05) is 6.54 Å². The summed E-state index contributed by atoms with van der Waals surface area (Å²) in [5.41, 5.74) is 7.49. The van der Waals surface area contributed by atoms with E-state index in [4.69, 9.17) is 15.2 Å². The third-order valence-corrected chi connectivity index (χ3v) is 4.12. The third kappa shape index (κ3) is 5.06. The summed E-state index contributed by atoms with van der Waals surface area (Å²) in [5.74, 6) is 0.0574. The highest BCUT2D eigenvalue weighted by atomic mass is 19.1. The van der Waals surface area contributed by atoms with E-state index < -0.39 is 11.9 Å². The van der Waals surface area contributed by atoms with Gasteiger partial charge in [0, 0.05) is 18.2 Å². The van der Waals surface area contributed by atoms with Crippen LogP contribution in [0.5, 0.6) is 11.5 Å². The van der Waals surface area contributed by atoms with Gasteiger partial charge in [-0.25, -0.2) is 4.39 Å². The number of aliphatic hydroxyl groups is 1. The van der Waals surface area contributed by atoms with Gasteiger partial charge in [0.1, 0.15) is 19.0 Å². The third-order valence-electron chi connectivity index (χ3n) is 4.12. The van der Waals surface area contributed by atoms with Crippen LogP contribution in [-0.4, -0.2) is 11.7 Å². The molecule has 0 radical (unpaired) electrons. The second kappa shape index (κ2) is 9.16. The lowest BCUT2D eigenvalue weighted by molar-refractivity contribution is 0.180. The Morgan fingerprint density at radius 2 is 1.30 bits per heavy atom. The van der Waals surface area contributed by atoms with Crippen molar-refractivity contribution in [3.8, 4) is 11.5 Å². The van der Waals surface area contributed by atoms with Crippen molar-refractivity contribution >= 4 is 0 Å². The van der Waals surface area contributed by atoms with Crippen LogP contribution in [0, 0.1) is 5.82 Å². The first-order chi connectivity index (χ1) is 13.2. The topological polar surface area (TPSA) is 64.7 Å². The average molecular weight is 367 g/mol. The Balaban J connectivity index is 1.83. The molecule has 140 valence electrons. The quantitative estimate of drug-likeness (QED) is 0.632. The zero-order valence-corrected chi connectivity index (χ0v) is 14.8. The van der Waals surface area contributed by atoms with Gasteiger partial charge in [0.25, 0.3) is 0 Å². The van der Waals surface area contributed by atoms with Crippen molar-refractivity contribution in [3.05, 3.63) is 95.3 Å². The maximum Gasteiger partial charge on any atom is 0.164 e. The second-order valence-corrected chi connectivity index (χ2v) is 6.12. The monoisotopic (exact) mass is 367 g/mol. The van der Waals surface area contributed by atoms with Gasteiger partial charge < -0.3 is 20.3 Å². The molecule has 27 heavy (non-hydrogen) atoms. The summed E-state index contributed by atoms with van der Waals surface area (Å²) in [6.45, 7) is 0.492. The van der Waals surface area contributed by atoms with E-state index in [2.05, 4.69) is 0 Å². The highest BCUT2D eigenvalue weighted by Crippen LogP contribution is 2.34. The van der Waals surface area contributed by atoms with Gasteiger partial charge in [-0.3, -0.25) is 0 Å². The normalized spacial score (nSPS) is 11.8. The Morgan fingerprint density at radius 1 is 0.815 bits per heavy atom. The predicted octanol–water partition coefficient (Wildman–Crippen LogP) is 3.98. The van der Waals surface area contributed by atoms with Gasteiger partial charge in [-0.15, -0.1) is 0 Å². The molecule has 3 aromatic carbocycles. The number of hydrogen-bond donors (Lipinski definition) is 2. The molecule has 0 amide bonds. The van der Waals surface area contributed by atoms with E-state index in [-0.39, 0.29) is 24.5 Å². The maximum atomic E-state index is 14.4. The summed E-state index contributed by atoms with van der Waals surface area (Å²) in [7, 11) is 0. The summed E-state index contributed by atoms with van der Waals surface area (Å²) < 4.78 is 26.0. The summed E-state index contributed by atoms with van der Waals surface area (Å²) >= 11 is 0. The van der Waals surface area contributed by atoms with Gasteiger partial charge >= 0.3 is 0 Å². The molecule has 0 saturated heterocycles. The highest BCUT2D eigenvalue weighted by molar-refractivity contribution is 5.45. The van der Waals surface area contributed by atoms with E-state index in [1.165, 1.54) is 12.1 Å². The zero-order chi connectivity index (χ0) is 19.1. The van der Waals surface area contributed by atoms with Crippen molar-refractivity contribution in [2.45, 2.75) is 19.3 Å². The van der Waals surface area contributed by atoms with Crippen molar-refractivity contribution in [1.29, 1.82) is 0 Å². The molecule has 0 bridgehead atoms. The lowest BCUT2D eigenvalue weighted by atomic mass is 10.1. The van der Waals surface area contributed by atoms with Gasteiger partial charge in [-0.05, 0) is 17.2 Å². The maximum absolute atomic E-state index is 14.4. The Kier molecular flexibility index (Phi) is 6.41. The van der Waals surface area contributed by atoms with Crippen LogP contribution in [0.15, 0.2) is 72.8 Å². The minimum absolute atomic E-state index is 0.0841. The molecule has 3 N–H and O–H groups in total. The van der Waals surface area contributed by atoms with E-state index in [0.717, 1.165) is 11.1 Å². The van der Waals surface area contributed by atoms with Crippen LogP contribution in [0.4, 0.5) is 4.39 Å². The lowest BCUT2D eigenvalue weighted by Gasteiger charge is -2.17. The Morgan fingerprint density at radius 3 is 1.78 bits per heavy atom. The smallest absolute Gasteiger partial charge is 0.164 e. The molecular formula is C22H22FNO3. The molecule has 0 aliphatic heterocycles. The molecule has 0 heterocycles. The fraction of sp³-hybridized carbons (Fsp3) is 0.182. The van der Waals surface area contributed by atoms with Crippen LogP contribution in [-0.2, 0) is 13.2 Å². The highest BCUT2D eigenvalue weighted by Gasteiger charge is 2.17. The van der Waals surface area contributed by atoms with Crippen molar-refractivity contribution in [3.63, 3.8) is 0 Å². The SMILES string of the molecule is NC[C@H](O)c1cc(OCc2ccccc2)c(OCc2ccccc2)cc1F. The molecule has 1 atom stereocenters. The van der Waals surface area contributed by atoms with Gasteiger partial charge in [-0.2, -0.15) is 0 Å². The van der Waals surface area contributed by atoms with Gasteiger partial charge in [0.15, 0.2) is 11.5 Å². The second-order valence-electron chi connectivity index (χ2n) is 6.12. The van der Waals surface area contributed by atoms with Crippen LogP contribution in [0.1, 0.15) is 22.8 Å². The molecule has 5 heteroatoms. The minimum Gasteiger partial charge on any atom is -0.485 e. The van der Waals surface area contributed by atoms with Crippen LogP contribution >= 0.6 is 0 Å². The summed E-state index contributed by atoms with van der Waals surface area (Å²) in [6, 6.07) is 21.9. The van der Waals surface area contributed by atoms with E-state index in [9.17, 15) is 9.50 Å². The first kappa shape index (κ1) is 18.9. The summed E-state index contributed by atoms with van der Waals surface area (Å²) in [4.78, 5) is 0. The number of hydrogen-bond acceptors (Lipinski definition) is 4. The number of nitrogens with two attached hydrogens (primary N) is 1. The largest absolute Gasteiger partial charge is 0.485 e. The van der Waals surface area contributed by atoms with E-state index in [1.807, 2.05) is 60.7 Å². The molecular weight excluding hydrogens is 345 g/mol. The Bertz CT molecular complexity index is 856. The van der Waals surface area contributed by atoms with Crippen LogP contribution in [0.3, 0.4) is 0 Å². The molecule has 0 saturated carbocycles. The first-order valence-electron chi connectivity index (χ1n) is 8.72. The van der Waals surface area contributed by atoms with Gasteiger partial charge in [0.05, 0.1) is 6.10 Å².